The smallest absolute Gasteiger partial charge is 0.242 e. The van der Waals surface area contributed by atoms with Crippen LogP contribution in [0, 0.1) is 0 Å². The van der Waals surface area contributed by atoms with E-state index in [2.05, 4.69) is 21.9 Å². The molecule has 0 aliphatic carbocycles. The SMILES string of the molecule is CCNS(=O)(=O)c1ccccc1NCC(C)N1CCCC1. The minimum Gasteiger partial charge on any atom is -0.382 e. The average Bonchev–Trinajstić information content (AvgIpc) is 2.99. The summed E-state index contributed by atoms with van der Waals surface area (Å²) in [6.45, 7) is 7.38. The van der Waals surface area contributed by atoms with Crippen LogP contribution in [0.1, 0.15) is 26.7 Å². The van der Waals surface area contributed by atoms with Gasteiger partial charge in [0, 0.05) is 19.1 Å². The predicted octanol–water partition coefficient (Wildman–Crippen LogP) is 1.88. The van der Waals surface area contributed by atoms with Crippen molar-refractivity contribution in [2.75, 3.05) is 31.5 Å². The molecule has 1 saturated heterocycles. The lowest BCUT2D eigenvalue weighted by atomic mass is 10.2. The van der Waals surface area contributed by atoms with Crippen LogP contribution in [0.4, 0.5) is 5.69 Å². The largest absolute Gasteiger partial charge is 0.382 e. The van der Waals surface area contributed by atoms with Gasteiger partial charge in [0.2, 0.25) is 10.0 Å². The van der Waals surface area contributed by atoms with Gasteiger partial charge in [0.05, 0.1) is 5.69 Å². The van der Waals surface area contributed by atoms with E-state index in [0.29, 0.717) is 23.2 Å². The molecule has 1 aliphatic rings. The Labute approximate surface area is 127 Å². The van der Waals surface area contributed by atoms with Gasteiger partial charge in [-0.25, -0.2) is 13.1 Å². The molecule has 6 heteroatoms. The van der Waals surface area contributed by atoms with Gasteiger partial charge in [0.1, 0.15) is 4.90 Å². The minimum absolute atomic E-state index is 0.320. The first-order valence-electron chi connectivity index (χ1n) is 7.61. The molecule has 118 valence electrons. The van der Waals surface area contributed by atoms with Crippen LogP contribution >= 0.6 is 0 Å². The second-order valence-electron chi connectivity index (χ2n) is 5.47. The van der Waals surface area contributed by atoms with E-state index in [1.165, 1.54) is 12.8 Å². The predicted molar refractivity (Wildman–Crippen MR) is 86.1 cm³/mol. The van der Waals surface area contributed by atoms with Gasteiger partial charge in [-0.2, -0.15) is 0 Å². The molecule has 0 amide bonds. The van der Waals surface area contributed by atoms with Crippen molar-refractivity contribution < 1.29 is 8.42 Å². The maximum atomic E-state index is 12.2. The quantitative estimate of drug-likeness (QED) is 0.807. The zero-order valence-corrected chi connectivity index (χ0v) is 13.6. The molecule has 1 unspecified atom stereocenters. The Morgan fingerprint density at radius 3 is 2.57 bits per heavy atom. The number of nitrogens with one attached hydrogen (secondary N) is 2. The highest BCUT2D eigenvalue weighted by Gasteiger charge is 2.20. The molecule has 1 aromatic rings. The summed E-state index contributed by atoms with van der Waals surface area (Å²) in [5, 5.41) is 3.29. The molecule has 0 bridgehead atoms. The summed E-state index contributed by atoms with van der Waals surface area (Å²) >= 11 is 0. The third kappa shape index (κ3) is 4.18. The Bertz CT molecular complexity index is 554. The summed E-state index contributed by atoms with van der Waals surface area (Å²) in [5.41, 5.74) is 0.671. The fourth-order valence-corrected chi connectivity index (χ4v) is 3.91. The van der Waals surface area contributed by atoms with E-state index in [-0.39, 0.29) is 0 Å². The fourth-order valence-electron chi connectivity index (χ4n) is 2.68. The van der Waals surface area contributed by atoms with E-state index in [9.17, 15) is 8.42 Å². The van der Waals surface area contributed by atoms with Crippen LogP contribution < -0.4 is 10.0 Å². The van der Waals surface area contributed by atoms with Crippen LogP contribution in [0.2, 0.25) is 0 Å². The molecular weight excluding hydrogens is 286 g/mol. The second-order valence-corrected chi connectivity index (χ2v) is 7.21. The first-order valence-corrected chi connectivity index (χ1v) is 9.09. The maximum absolute atomic E-state index is 12.2. The summed E-state index contributed by atoms with van der Waals surface area (Å²) in [7, 11) is -3.43. The van der Waals surface area contributed by atoms with Crippen molar-refractivity contribution in [2.45, 2.75) is 37.6 Å². The van der Waals surface area contributed by atoms with Crippen molar-refractivity contribution >= 4 is 15.7 Å². The number of hydrogen-bond donors (Lipinski definition) is 2. The van der Waals surface area contributed by atoms with Crippen molar-refractivity contribution in [3.8, 4) is 0 Å². The molecule has 1 aliphatic heterocycles. The third-order valence-corrected chi connectivity index (χ3v) is 5.47. The first kappa shape index (κ1) is 16.3. The summed E-state index contributed by atoms with van der Waals surface area (Å²) in [6.07, 6.45) is 2.52. The fraction of sp³-hybridized carbons (Fsp3) is 0.600. The van der Waals surface area contributed by atoms with E-state index >= 15 is 0 Å². The molecule has 21 heavy (non-hydrogen) atoms. The lowest BCUT2D eigenvalue weighted by Crippen LogP contribution is -2.36. The molecule has 1 atom stereocenters. The number of benzene rings is 1. The normalized spacial score (nSPS) is 17.8. The average molecular weight is 311 g/mol. The van der Waals surface area contributed by atoms with Gasteiger partial charge in [-0.3, -0.25) is 4.90 Å². The lowest BCUT2D eigenvalue weighted by molar-refractivity contribution is 0.269. The van der Waals surface area contributed by atoms with Crippen LogP contribution in [0.15, 0.2) is 29.2 Å². The zero-order valence-electron chi connectivity index (χ0n) is 12.8. The maximum Gasteiger partial charge on any atom is 0.242 e. The van der Waals surface area contributed by atoms with Crippen LogP contribution in [0.3, 0.4) is 0 Å². The third-order valence-electron chi connectivity index (χ3n) is 3.86. The van der Waals surface area contributed by atoms with Gasteiger partial charge in [0.25, 0.3) is 0 Å². The summed E-state index contributed by atoms with van der Waals surface area (Å²) < 4.78 is 26.9. The van der Waals surface area contributed by atoms with E-state index in [4.69, 9.17) is 0 Å². The zero-order chi connectivity index (χ0) is 15.3. The Hall–Kier alpha value is -1.11. The molecule has 1 fully saturated rings. The molecular formula is C15H25N3O2S. The number of nitrogens with zero attached hydrogens (tertiary/aromatic N) is 1. The minimum atomic E-state index is -3.43. The molecule has 0 aromatic heterocycles. The van der Waals surface area contributed by atoms with Crippen LogP contribution in [-0.2, 0) is 10.0 Å². The lowest BCUT2D eigenvalue weighted by Gasteiger charge is -2.24. The monoisotopic (exact) mass is 311 g/mol. The van der Waals surface area contributed by atoms with E-state index < -0.39 is 10.0 Å². The summed E-state index contributed by atoms with van der Waals surface area (Å²) in [5.74, 6) is 0. The highest BCUT2D eigenvalue weighted by atomic mass is 32.2. The molecule has 1 heterocycles. The first-order chi connectivity index (χ1) is 10.0. The van der Waals surface area contributed by atoms with Crippen molar-refractivity contribution in [3.63, 3.8) is 0 Å². The topological polar surface area (TPSA) is 61.4 Å². The Morgan fingerprint density at radius 2 is 1.90 bits per heavy atom. The van der Waals surface area contributed by atoms with Gasteiger partial charge >= 0.3 is 0 Å². The Kier molecular flexibility index (Phi) is 5.61. The van der Waals surface area contributed by atoms with Crippen LogP contribution in [0.5, 0.6) is 0 Å². The van der Waals surface area contributed by atoms with Crippen molar-refractivity contribution in [2.24, 2.45) is 0 Å². The molecule has 2 rings (SSSR count). The van der Waals surface area contributed by atoms with Gasteiger partial charge < -0.3 is 5.32 Å². The standard InChI is InChI=1S/C15H25N3O2S/c1-3-17-21(19,20)15-9-5-4-8-14(15)16-12-13(2)18-10-6-7-11-18/h4-5,8-9,13,16-17H,3,6-7,10-12H2,1-2H3. The second kappa shape index (κ2) is 7.24. The van der Waals surface area contributed by atoms with Crippen molar-refractivity contribution in [1.82, 2.24) is 9.62 Å². The van der Waals surface area contributed by atoms with Crippen molar-refractivity contribution in [1.29, 1.82) is 0 Å². The summed E-state index contributed by atoms with van der Waals surface area (Å²) in [4.78, 5) is 2.76. The highest BCUT2D eigenvalue weighted by Crippen LogP contribution is 2.21. The van der Waals surface area contributed by atoms with Crippen LogP contribution in [0.25, 0.3) is 0 Å². The van der Waals surface area contributed by atoms with E-state index in [1.54, 1.807) is 19.1 Å². The summed E-state index contributed by atoms with van der Waals surface area (Å²) in [6, 6.07) is 7.47. The number of sulfonamides is 1. The number of hydrogen-bond acceptors (Lipinski definition) is 4. The molecule has 0 spiro atoms. The Morgan fingerprint density at radius 1 is 1.24 bits per heavy atom. The number of likely N-dealkylation sites (tertiary alicyclic amines) is 1. The number of rotatable bonds is 7. The molecule has 1 aromatic carbocycles. The highest BCUT2D eigenvalue weighted by molar-refractivity contribution is 7.89. The Balaban J connectivity index is 2.06. The molecule has 0 saturated carbocycles. The van der Waals surface area contributed by atoms with Gasteiger partial charge in [-0.15, -0.1) is 0 Å². The number of anilines is 1. The molecule has 5 nitrogen and oxygen atoms in total. The van der Waals surface area contributed by atoms with Crippen LogP contribution in [-0.4, -0.2) is 45.5 Å². The molecule has 0 radical (unpaired) electrons. The van der Waals surface area contributed by atoms with Gasteiger partial charge in [-0.1, -0.05) is 19.1 Å². The van der Waals surface area contributed by atoms with Gasteiger partial charge in [0.15, 0.2) is 0 Å². The van der Waals surface area contributed by atoms with Gasteiger partial charge in [-0.05, 0) is 45.0 Å². The van der Waals surface area contributed by atoms with Crippen molar-refractivity contribution in [3.05, 3.63) is 24.3 Å². The van der Waals surface area contributed by atoms with E-state index in [1.807, 2.05) is 12.1 Å². The molecule has 2 N–H and O–H groups in total. The number of para-hydroxylation sites is 1. The van der Waals surface area contributed by atoms with E-state index in [0.717, 1.165) is 19.6 Å².